The van der Waals surface area contributed by atoms with E-state index >= 15 is 0 Å². The molecule has 0 aliphatic rings. The molecule has 9 nitrogen and oxygen atoms in total. The molecule has 346 valence electrons. The molecule has 1 atom stereocenters. The second kappa shape index (κ2) is 41.6. The smallest absolute Gasteiger partial charge is 0.251 e. The standard InChI is InChI=1S/C52H89N5O4/c1-4-7-9-11-13-15-17-19-21-23-25-27-29-31-33-35-49(58)56-45-48(52(61)55-43-42-53-44-46-37-39-47(40-38-46)51(60)54-41-6-3)57-50(59)36-34-32-30-28-26-24-22-20-18-16-14-12-10-8-5-2/h19-22,37-40,44,48H,4-18,23-36,41-43,45H2,1-3H3,(H,54,60)(H,55,61)(H,56,58)(H,57,59). The number of carbonyl (C=O) groups is 4. The highest BCUT2D eigenvalue weighted by atomic mass is 16.2. The zero-order valence-electron chi connectivity index (χ0n) is 39.2. The van der Waals surface area contributed by atoms with Crippen LogP contribution in [0.2, 0.25) is 0 Å². The number of amides is 4. The predicted molar refractivity (Wildman–Crippen MR) is 258 cm³/mol. The van der Waals surface area contributed by atoms with Crippen LogP contribution in [0.4, 0.5) is 0 Å². The van der Waals surface area contributed by atoms with E-state index in [0.29, 0.717) is 31.5 Å². The van der Waals surface area contributed by atoms with Crippen LogP contribution in [0.25, 0.3) is 0 Å². The van der Waals surface area contributed by atoms with Gasteiger partial charge in [0.1, 0.15) is 6.04 Å². The molecule has 4 N–H and O–H groups in total. The molecule has 1 aromatic rings. The van der Waals surface area contributed by atoms with Crippen molar-refractivity contribution in [1.29, 1.82) is 0 Å². The van der Waals surface area contributed by atoms with E-state index in [4.69, 9.17) is 0 Å². The van der Waals surface area contributed by atoms with Gasteiger partial charge in [-0.2, -0.15) is 0 Å². The highest BCUT2D eigenvalue weighted by Crippen LogP contribution is 2.12. The average Bonchev–Trinajstić information content (AvgIpc) is 3.26. The Morgan fingerprint density at radius 1 is 0.508 bits per heavy atom. The Morgan fingerprint density at radius 3 is 1.46 bits per heavy atom. The second-order valence-corrected chi connectivity index (χ2v) is 16.8. The van der Waals surface area contributed by atoms with Crippen LogP contribution in [0.15, 0.2) is 53.6 Å². The van der Waals surface area contributed by atoms with Crippen LogP contribution in [-0.2, 0) is 14.4 Å². The molecule has 0 aliphatic carbocycles. The van der Waals surface area contributed by atoms with Crippen molar-refractivity contribution in [3.8, 4) is 0 Å². The fourth-order valence-corrected chi connectivity index (χ4v) is 7.09. The van der Waals surface area contributed by atoms with E-state index in [2.05, 4.69) is 64.4 Å². The Morgan fingerprint density at radius 2 is 0.967 bits per heavy atom. The van der Waals surface area contributed by atoms with E-state index in [9.17, 15) is 19.2 Å². The number of allylic oxidation sites excluding steroid dienone is 4. The van der Waals surface area contributed by atoms with E-state index in [0.717, 1.165) is 69.8 Å². The van der Waals surface area contributed by atoms with Gasteiger partial charge in [0.25, 0.3) is 5.91 Å². The minimum Gasteiger partial charge on any atom is -0.353 e. The maximum atomic E-state index is 13.2. The molecule has 0 fully saturated rings. The number of carbonyl (C=O) groups excluding carboxylic acids is 4. The van der Waals surface area contributed by atoms with Gasteiger partial charge < -0.3 is 21.3 Å². The van der Waals surface area contributed by atoms with Crippen molar-refractivity contribution in [2.24, 2.45) is 4.99 Å². The van der Waals surface area contributed by atoms with Gasteiger partial charge in [-0.25, -0.2) is 0 Å². The molecule has 0 radical (unpaired) electrons. The van der Waals surface area contributed by atoms with Crippen LogP contribution < -0.4 is 21.3 Å². The van der Waals surface area contributed by atoms with Crippen LogP contribution in [0, 0.1) is 0 Å². The predicted octanol–water partition coefficient (Wildman–Crippen LogP) is 12.0. The Labute approximate surface area is 373 Å². The van der Waals surface area contributed by atoms with Crippen LogP contribution in [0.1, 0.15) is 223 Å². The lowest BCUT2D eigenvalue weighted by Gasteiger charge is -2.19. The van der Waals surface area contributed by atoms with Gasteiger partial charge in [0.15, 0.2) is 0 Å². The Bertz CT molecular complexity index is 1330. The molecule has 9 heteroatoms. The van der Waals surface area contributed by atoms with Crippen molar-refractivity contribution in [3.63, 3.8) is 0 Å². The lowest BCUT2D eigenvalue weighted by Crippen LogP contribution is -2.53. The van der Waals surface area contributed by atoms with Crippen molar-refractivity contribution < 1.29 is 19.2 Å². The lowest BCUT2D eigenvalue weighted by atomic mass is 10.1. The second-order valence-electron chi connectivity index (χ2n) is 16.8. The number of benzene rings is 1. The number of aliphatic imine (C=N–C) groups is 1. The molecule has 0 saturated heterocycles. The van der Waals surface area contributed by atoms with Crippen molar-refractivity contribution in [2.45, 2.75) is 213 Å². The van der Waals surface area contributed by atoms with Gasteiger partial charge in [-0.1, -0.05) is 160 Å². The van der Waals surface area contributed by atoms with Crippen molar-refractivity contribution in [1.82, 2.24) is 21.3 Å². The third-order valence-corrected chi connectivity index (χ3v) is 11.0. The number of hydrogen-bond acceptors (Lipinski definition) is 5. The largest absolute Gasteiger partial charge is 0.353 e. The van der Waals surface area contributed by atoms with Gasteiger partial charge in [-0.05, 0) is 88.3 Å². The Hall–Kier alpha value is -3.75. The molecule has 0 aromatic heterocycles. The third-order valence-electron chi connectivity index (χ3n) is 11.0. The summed E-state index contributed by atoms with van der Waals surface area (Å²) in [6.07, 6.45) is 43.8. The maximum Gasteiger partial charge on any atom is 0.251 e. The van der Waals surface area contributed by atoms with E-state index in [1.165, 1.54) is 109 Å². The Kier molecular flexibility index (Phi) is 37.7. The molecule has 1 rings (SSSR count). The van der Waals surface area contributed by atoms with Crippen molar-refractivity contribution >= 4 is 29.8 Å². The van der Waals surface area contributed by atoms with E-state index in [1.54, 1.807) is 18.3 Å². The normalized spacial score (nSPS) is 12.0. The summed E-state index contributed by atoms with van der Waals surface area (Å²) in [6, 6.07) is 6.35. The zero-order chi connectivity index (χ0) is 44.3. The molecule has 1 aromatic carbocycles. The number of unbranched alkanes of at least 4 members (excludes halogenated alkanes) is 22. The molecule has 1 unspecified atom stereocenters. The fraction of sp³-hybridized carbons (Fsp3) is 0.712. The fourth-order valence-electron chi connectivity index (χ4n) is 7.09. The summed E-state index contributed by atoms with van der Waals surface area (Å²) in [5.74, 6) is -0.701. The Balaban J connectivity index is 2.43. The lowest BCUT2D eigenvalue weighted by molar-refractivity contribution is -0.129. The van der Waals surface area contributed by atoms with E-state index < -0.39 is 6.04 Å². The van der Waals surface area contributed by atoms with Crippen molar-refractivity contribution in [3.05, 3.63) is 59.7 Å². The summed E-state index contributed by atoms with van der Waals surface area (Å²) in [4.78, 5) is 55.5. The monoisotopic (exact) mass is 848 g/mol. The van der Waals surface area contributed by atoms with Gasteiger partial charge in [0.05, 0.1) is 6.54 Å². The topological polar surface area (TPSA) is 129 Å². The molecule has 0 spiro atoms. The summed E-state index contributed by atoms with van der Waals surface area (Å²) >= 11 is 0. The quantitative estimate of drug-likeness (QED) is 0.0297. The number of hydrogen-bond donors (Lipinski definition) is 4. The van der Waals surface area contributed by atoms with Gasteiger partial charge in [-0.15, -0.1) is 0 Å². The first-order valence-corrected chi connectivity index (χ1v) is 24.9. The summed E-state index contributed by atoms with van der Waals surface area (Å²) in [5, 5.41) is 11.5. The summed E-state index contributed by atoms with van der Waals surface area (Å²) in [6.45, 7) is 7.85. The van der Waals surface area contributed by atoms with E-state index in [1.807, 2.05) is 19.1 Å². The van der Waals surface area contributed by atoms with Gasteiger partial charge in [-0.3, -0.25) is 24.2 Å². The van der Waals surface area contributed by atoms with Crippen LogP contribution in [-0.4, -0.2) is 62.1 Å². The number of nitrogens with zero attached hydrogens (tertiary/aromatic N) is 1. The van der Waals surface area contributed by atoms with Gasteiger partial charge >= 0.3 is 0 Å². The molecule has 0 bridgehead atoms. The highest BCUT2D eigenvalue weighted by molar-refractivity contribution is 5.95. The average molecular weight is 848 g/mol. The minimum absolute atomic E-state index is 0.0509. The molecule has 4 amide bonds. The van der Waals surface area contributed by atoms with Crippen molar-refractivity contribution in [2.75, 3.05) is 26.2 Å². The molecule has 0 heterocycles. The molecule has 0 aliphatic heterocycles. The van der Waals surface area contributed by atoms with Crippen LogP contribution in [0.5, 0.6) is 0 Å². The molecular weight excluding hydrogens is 759 g/mol. The number of nitrogens with one attached hydrogen (secondary N) is 4. The molecule has 0 saturated carbocycles. The molecule has 61 heavy (non-hydrogen) atoms. The zero-order valence-corrected chi connectivity index (χ0v) is 39.2. The minimum atomic E-state index is -0.857. The van der Waals surface area contributed by atoms with Gasteiger partial charge in [0, 0.05) is 44.3 Å². The SMILES string of the molecule is CCCCCCCCC=CCCCCCCCC(=O)NCC(NC(=O)CCCCCCCC=CCCCCCCCC)C(=O)NCCN=Cc1ccc(C(=O)NCCC)cc1. The summed E-state index contributed by atoms with van der Waals surface area (Å²) in [7, 11) is 0. The first kappa shape index (κ1) is 55.3. The summed E-state index contributed by atoms with van der Waals surface area (Å²) < 4.78 is 0. The molecular formula is C52H89N5O4. The highest BCUT2D eigenvalue weighted by Gasteiger charge is 2.21. The maximum absolute atomic E-state index is 13.2. The van der Waals surface area contributed by atoms with Gasteiger partial charge in [0.2, 0.25) is 17.7 Å². The van der Waals surface area contributed by atoms with Crippen LogP contribution >= 0.6 is 0 Å². The first-order chi connectivity index (χ1) is 29.9. The number of rotatable bonds is 41. The first-order valence-electron chi connectivity index (χ1n) is 24.9. The van der Waals surface area contributed by atoms with Crippen LogP contribution in [0.3, 0.4) is 0 Å². The van der Waals surface area contributed by atoms with E-state index in [-0.39, 0.29) is 36.7 Å². The summed E-state index contributed by atoms with van der Waals surface area (Å²) in [5.41, 5.74) is 1.45. The third kappa shape index (κ3) is 34.5.